The SMILES string of the molecule is Cc1ccc(OCCSc2nnnn2C(C)(C)C)cc1. The van der Waals surface area contributed by atoms with Gasteiger partial charge in [-0.3, -0.25) is 0 Å². The van der Waals surface area contributed by atoms with Gasteiger partial charge in [-0.25, -0.2) is 4.68 Å². The molecule has 2 aromatic rings. The first-order valence-electron chi connectivity index (χ1n) is 6.58. The van der Waals surface area contributed by atoms with E-state index in [0.29, 0.717) is 6.61 Å². The fraction of sp³-hybridized carbons (Fsp3) is 0.500. The van der Waals surface area contributed by atoms with E-state index in [4.69, 9.17) is 4.74 Å². The third-order valence-electron chi connectivity index (χ3n) is 2.68. The summed E-state index contributed by atoms with van der Waals surface area (Å²) < 4.78 is 7.52. The Bertz CT molecular complexity index is 545. The summed E-state index contributed by atoms with van der Waals surface area (Å²) in [7, 11) is 0. The van der Waals surface area contributed by atoms with Gasteiger partial charge >= 0.3 is 0 Å². The van der Waals surface area contributed by atoms with E-state index in [1.165, 1.54) is 5.56 Å². The Kier molecular flexibility index (Phi) is 4.65. The molecule has 0 unspecified atom stereocenters. The first kappa shape index (κ1) is 14.8. The molecular formula is C14H20N4OS. The molecule has 0 radical (unpaired) electrons. The predicted octanol–water partition coefficient (Wildman–Crippen LogP) is 2.91. The van der Waals surface area contributed by atoms with Gasteiger partial charge in [0.15, 0.2) is 0 Å². The van der Waals surface area contributed by atoms with Crippen molar-refractivity contribution in [2.24, 2.45) is 0 Å². The zero-order valence-corrected chi connectivity index (χ0v) is 13.1. The average molecular weight is 292 g/mol. The van der Waals surface area contributed by atoms with E-state index >= 15 is 0 Å². The van der Waals surface area contributed by atoms with Crippen LogP contribution in [0.15, 0.2) is 29.4 Å². The smallest absolute Gasteiger partial charge is 0.209 e. The third-order valence-corrected chi connectivity index (χ3v) is 3.56. The van der Waals surface area contributed by atoms with Crippen LogP contribution in [0.4, 0.5) is 0 Å². The maximum atomic E-state index is 5.69. The predicted molar refractivity (Wildman–Crippen MR) is 80.2 cm³/mol. The second kappa shape index (κ2) is 6.26. The molecule has 1 aromatic heterocycles. The molecule has 0 bridgehead atoms. The molecule has 0 aliphatic carbocycles. The second-order valence-electron chi connectivity index (χ2n) is 5.55. The second-order valence-corrected chi connectivity index (χ2v) is 6.62. The summed E-state index contributed by atoms with van der Waals surface area (Å²) >= 11 is 1.60. The van der Waals surface area contributed by atoms with Crippen LogP contribution in [0.5, 0.6) is 5.75 Å². The van der Waals surface area contributed by atoms with E-state index in [2.05, 4.69) is 43.2 Å². The normalized spacial score (nSPS) is 11.6. The topological polar surface area (TPSA) is 52.8 Å². The van der Waals surface area contributed by atoms with Crippen molar-refractivity contribution in [2.75, 3.05) is 12.4 Å². The highest BCUT2D eigenvalue weighted by Gasteiger charge is 2.19. The molecule has 0 aliphatic rings. The molecule has 0 saturated heterocycles. The number of tetrazole rings is 1. The zero-order valence-electron chi connectivity index (χ0n) is 12.3. The van der Waals surface area contributed by atoms with Crippen molar-refractivity contribution in [3.8, 4) is 5.75 Å². The molecule has 5 nitrogen and oxygen atoms in total. The van der Waals surface area contributed by atoms with Gasteiger partial charge in [-0.2, -0.15) is 0 Å². The molecule has 0 fully saturated rings. The van der Waals surface area contributed by atoms with E-state index < -0.39 is 0 Å². The van der Waals surface area contributed by atoms with Crippen LogP contribution in [0, 0.1) is 6.92 Å². The fourth-order valence-corrected chi connectivity index (χ4v) is 2.49. The van der Waals surface area contributed by atoms with E-state index in [1.54, 1.807) is 11.8 Å². The largest absolute Gasteiger partial charge is 0.493 e. The number of hydrogen-bond donors (Lipinski definition) is 0. The van der Waals surface area contributed by atoms with E-state index in [1.807, 2.05) is 28.9 Å². The summed E-state index contributed by atoms with van der Waals surface area (Å²) in [5.41, 5.74) is 1.12. The lowest BCUT2D eigenvalue weighted by Crippen LogP contribution is -2.24. The number of aryl methyl sites for hydroxylation is 1. The van der Waals surface area contributed by atoms with Crippen LogP contribution in [0.3, 0.4) is 0 Å². The zero-order chi connectivity index (χ0) is 14.6. The van der Waals surface area contributed by atoms with Crippen LogP contribution in [0.2, 0.25) is 0 Å². The average Bonchev–Trinajstić information content (AvgIpc) is 2.85. The molecule has 0 spiro atoms. The van der Waals surface area contributed by atoms with E-state index in [0.717, 1.165) is 16.7 Å². The lowest BCUT2D eigenvalue weighted by Gasteiger charge is -2.19. The Hall–Kier alpha value is -1.56. The molecule has 0 amide bonds. The first-order chi connectivity index (χ1) is 9.47. The van der Waals surface area contributed by atoms with Crippen LogP contribution >= 0.6 is 11.8 Å². The summed E-state index contributed by atoms with van der Waals surface area (Å²) in [5.74, 6) is 1.70. The van der Waals surface area contributed by atoms with Gasteiger partial charge < -0.3 is 4.74 Å². The van der Waals surface area contributed by atoms with Crippen molar-refractivity contribution in [1.82, 2.24) is 20.2 Å². The van der Waals surface area contributed by atoms with Crippen molar-refractivity contribution in [2.45, 2.75) is 38.4 Å². The first-order valence-corrected chi connectivity index (χ1v) is 7.56. The monoisotopic (exact) mass is 292 g/mol. The number of ether oxygens (including phenoxy) is 1. The van der Waals surface area contributed by atoms with Crippen LogP contribution in [-0.4, -0.2) is 32.6 Å². The molecule has 0 N–H and O–H groups in total. The lowest BCUT2D eigenvalue weighted by molar-refractivity contribution is 0.320. The summed E-state index contributed by atoms with van der Waals surface area (Å²) in [5, 5.41) is 12.6. The molecule has 0 saturated carbocycles. The highest BCUT2D eigenvalue weighted by Crippen LogP contribution is 2.21. The quantitative estimate of drug-likeness (QED) is 0.626. The minimum absolute atomic E-state index is 0.107. The van der Waals surface area contributed by atoms with Crippen molar-refractivity contribution >= 4 is 11.8 Å². The van der Waals surface area contributed by atoms with Crippen LogP contribution < -0.4 is 4.74 Å². The molecule has 1 heterocycles. The molecule has 0 atom stereocenters. The van der Waals surface area contributed by atoms with Crippen molar-refractivity contribution in [3.05, 3.63) is 29.8 Å². The van der Waals surface area contributed by atoms with Crippen molar-refractivity contribution < 1.29 is 4.74 Å². The molecule has 2 rings (SSSR count). The third kappa shape index (κ3) is 3.96. The summed E-state index contributed by atoms with van der Waals surface area (Å²) in [6, 6.07) is 8.06. The Morgan fingerprint density at radius 3 is 2.55 bits per heavy atom. The fourth-order valence-electron chi connectivity index (χ4n) is 1.62. The van der Waals surface area contributed by atoms with Crippen LogP contribution in [0.25, 0.3) is 0 Å². The number of hydrogen-bond acceptors (Lipinski definition) is 5. The van der Waals surface area contributed by atoms with E-state index in [-0.39, 0.29) is 5.54 Å². The number of aromatic nitrogens is 4. The molecule has 0 aliphatic heterocycles. The molecule has 20 heavy (non-hydrogen) atoms. The number of rotatable bonds is 5. The van der Waals surface area contributed by atoms with E-state index in [9.17, 15) is 0 Å². The van der Waals surface area contributed by atoms with Gasteiger partial charge in [-0.05, 0) is 50.3 Å². The van der Waals surface area contributed by atoms with Gasteiger partial charge in [0.2, 0.25) is 5.16 Å². The van der Waals surface area contributed by atoms with Gasteiger partial charge in [-0.1, -0.05) is 29.5 Å². The lowest BCUT2D eigenvalue weighted by atomic mass is 10.1. The van der Waals surface area contributed by atoms with Crippen LogP contribution in [0.1, 0.15) is 26.3 Å². The van der Waals surface area contributed by atoms with Gasteiger partial charge in [0, 0.05) is 5.75 Å². The molecule has 1 aromatic carbocycles. The van der Waals surface area contributed by atoms with Gasteiger partial charge in [-0.15, -0.1) is 5.10 Å². The maximum absolute atomic E-state index is 5.69. The Morgan fingerprint density at radius 1 is 1.20 bits per heavy atom. The van der Waals surface area contributed by atoms with Gasteiger partial charge in [0.25, 0.3) is 0 Å². The molecule has 6 heteroatoms. The molecule has 108 valence electrons. The van der Waals surface area contributed by atoms with Gasteiger partial charge in [0.05, 0.1) is 12.1 Å². The standard InChI is InChI=1S/C14H20N4OS/c1-11-5-7-12(8-6-11)19-9-10-20-13-15-16-17-18(13)14(2,3)4/h5-8H,9-10H2,1-4H3. The van der Waals surface area contributed by atoms with Crippen molar-refractivity contribution in [1.29, 1.82) is 0 Å². The number of thioether (sulfide) groups is 1. The maximum Gasteiger partial charge on any atom is 0.209 e. The highest BCUT2D eigenvalue weighted by molar-refractivity contribution is 7.99. The Morgan fingerprint density at radius 2 is 1.90 bits per heavy atom. The minimum atomic E-state index is -0.107. The van der Waals surface area contributed by atoms with Crippen molar-refractivity contribution in [3.63, 3.8) is 0 Å². The van der Waals surface area contributed by atoms with Gasteiger partial charge in [0.1, 0.15) is 5.75 Å². The number of nitrogens with zero attached hydrogens (tertiary/aromatic N) is 4. The highest BCUT2D eigenvalue weighted by atomic mass is 32.2. The Labute approximate surface area is 123 Å². The minimum Gasteiger partial charge on any atom is -0.493 e. The summed E-state index contributed by atoms with van der Waals surface area (Å²) in [6.07, 6.45) is 0. The number of benzene rings is 1. The Balaban J connectivity index is 1.82. The molecular weight excluding hydrogens is 272 g/mol. The summed E-state index contributed by atoms with van der Waals surface area (Å²) in [4.78, 5) is 0. The van der Waals surface area contributed by atoms with Crippen LogP contribution in [-0.2, 0) is 5.54 Å². The summed E-state index contributed by atoms with van der Waals surface area (Å²) in [6.45, 7) is 8.93.